The third kappa shape index (κ3) is 2.42. The van der Waals surface area contributed by atoms with E-state index in [2.05, 4.69) is 0 Å². The van der Waals surface area contributed by atoms with Crippen molar-refractivity contribution in [1.29, 1.82) is 0 Å². The first-order valence-corrected chi connectivity index (χ1v) is 6.20. The highest BCUT2D eigenvalue weighted by Crippen LogP contribution is 2.39. The summed E-state index contributed by atoms with van der Waals surface area (Å²) in [7, 11) is 1.35. The van der Waals surface area contributed by atoms with E-state index in [1.54, 1.807) is 13.8 Å². The normalized spacial score (nSPS) is 19.2. The maximum atomic E-state index is 14.3. The smallest absolute Gasteiger partial charge is 0.197 e. The number of carbonyl (C=O) groups is 1. The largest absolute Gasteiger partial charge is 0.490 e. The zero-order valence-electron chi connectivity index (χ0n) is 11.2. The summed E-state index contributed by atoms with van der Waals surface area (Å²) in [6.45, 7) is 3.34. The lowest BCUT2D eigenvalue weighted by Crippen LogP contribution is -2.14. The highest BCUT2D eigenvalue weighted by molar-refractivity contribution is 6.02. The zero-order valence-corrected chi connectivity index (χ0v) is 11.2. The first-order valence-electron chi connectivity index (χ1n) is 6.20. The van der Waals surface area contributed by atoms with Crippen molar-refractivity contribution in [3.8, 4) is 11.5 Å². The van der Waals surface area contributed by atoms with Crippen LogP contribution in [0.3, 0.4) is 0 Å². The van der Waals surface area contributed by atoms with Crippen molar-refractivity contribution in [2.24, 2.45) is 5.92 Å². The topological polar surface area (TPSA) is 55.8 Å². The number of rotatable bonds is 4. The van der Waals surface area contributed by atoms with Gasteiger partial charge in [-0.2, -0.15) is 0 Å². The molecule has 0 spiro atoms. The maximum Gasteiger partial charge on any atom is 0.197 e. The average Bonchev–Trinajstić information content (AvgIpc) is 2.64. The Morgan fingerprint density at radius 1 is 1.58 bits per heavy atom. The van der Waals surface area contributed by atoms with E-state index in [1.165, 1.54) is 13.2 Å². The molecule has 0 saturated carbocycles. The molecule has 5 heteroatoms. The third-order valence-corrected chi connectivity index (χ3v) is 3.20. The minimum absolute atomic E-state index is 0.0122. The molecule has 1 aliphatic rings. The summed E-state index contributed by atoms with van der Waals surface area (Å²) in [5.74, 6) is -0.707. The fourth-order valence-corrected chi connectivity index (χ4v) is 2.24. The van der Waals surface area contributed by atoms with Gasteiger partial charge in [-0.25, -0.2) is 4.39 Å². The number of aliphatic hydroxyl groups excluding tert-OH is 1. The van der Waals surface area contributed by atoms with E-state index >= 15 is 0 Å². The lowest BCUT2D eigenvalue weighted by molar-refractivity contribution is 0.0945. The summed E-state index contributed by atoms with van der Waals surface area (Å²) in [6.07, 6.45) is -0.303. The maximum absolute atomic E-state index is 14.3. The fraction of sp³-hybridized carbons (Fsp3) is 0.500. The molecule has 0 bridgehead atoms. The molecule has 4 nitrogen and oxygen atoms in total. The van der Waals surface area contributed by atoms with Crippen molar-refractivity contribution in [1.82, 2.24) is 0 Å². The minimum atomic E-state index is -0.685. The third-order valence-electron chi connectivity index (χ3n) is 3.20. The number of ether oxygens (including phenoxy) is 2. The van der Waals surface area contributed by atoms with Gasteiger partial charge in [0.1, 0.15) is 6.61 Å². The van der Waals surface area contributed by atoms with E-state index in [0.29, 0.717) is 17.5 Å². The van der Waals surface area contributed by atoms with Crippen LogP contribution in [-0.4, -0.2) is 30.7 Å². The van der Waals surface area contributed by atoms with Crippen molar-refractivity contribution in [3.05, 3.63) is 23.0 Å². The van der Waals surface area contributed by atoms with Gasteiger partial charge in [-0.3, -0.25) is 4.79 Å². The van der Waals surface area contributed by atoms with Crippen molar-refractivity contribution in [2.45, 2.75) is 26.4 Å². The SMILES string of the molecule is COc1c(OCC(C)O)cc2c(c1F)CC(C)C2=O. The number of halogens is 1. The van der Waals surface area contributed by atoms with E-state index in [0.717, 1.165) is 0 Å². The second-order valence-electron chi connectivity index (χ2n) is 4.88. The van der Waals surface area contributed by atoms with Crippen LogP contribution in [0.25, 0.3) is 0 Å². The summed E-state index contributed by atoms with van der Waals surface area (Å²) in [6, 6.07) is 1.51. The molecular weight excluding hydrogens is 251 g/mol. The predicted octanol–water partition coefficient (Wildman–Crippen LogP) is 1.97. The highest BCUT2D eigenvalue weighted by atomic mass is 19.1. The monoisotopic (exact) mass is 268 g/mol. The fourth-order valence-electron chi connectivity index (χ4n) is 2.24. The van der Waals surface area contributed by atoms with Crippen molar-refractivity contribution in [2.75, 3.05) is 13.7 Å². The molecule has 2 rings (SSSR count). The van der Waals surface area contributed by atoms with Gasteiger partial charge in [0.2, 0.25) is 0 Å². The van der Waals surface area contributed by atoms with Crippen molar-refractivity contribution in [3.63, 3.8) is 0 Å². The molecule has 104 valence electrons. The van der Waals surface area contributed by atoms with Gasteiger partial charge in [-0.05, 0) is 19.4 Å². The molecule has 1 aromatic carbocycles. The van der Waals surface area contributed by atoms with Gasteiger partial charge in [0.15, 0.2) is 23.1 Å². The Kier molecular flexibility index (Phi) is 3.75. The zero-order chi connectivity index (χ0) is 14.2. The Hall–Kier alpha value is -1.62. The summed E-state index contributed by atoms with van der Waals surface area (Å²) >= 11 is 0. The van der Waals surface area contributed by atoms with Gasteiger partial charge in [0.05, 0.1) is 13.2 Å². The van der Waals surface area contributed by atoms with Gasteiger partial charge >= 0.3 is 0 Å². The van der Waals surface area contributed by atoms with Crippen LogP contribution in [0.1, 0.15) is 29.8 Å². The molecule has 0 saturated heterocycles. The van der Waals surface area contributed by atoms with Crippen LogP contribution in [0.5, 0.6) is 11.5 Å². The average molecular weight is 268 g/mol. The summed E-state index contributed by atoms with van der Waals surface area (Å²) in [4.78, 5) is 11.9. The number of hydrogen-bond donors (Lipinski definition) is 1. The number of ketones is 1. The second kappa shape index (κ2) is 5.17. The number of benzene rings is 1. The van der Waals surface area contributed by atoms with E-state index in [1.807, 2.05) is 0 Å². The Bertz CT molecular complexity index is 511. The molecule has 0 amide bonds. The van der Waals surface area contributed by atoms with E-state index in [9.17, 15) is 14.3 Å². The molecular formula is C14H17FO4. The quantitative estimate of drug-likeness (QED) is 0.907. The van der Waals surface area contributed by atoms with E-state index < -0.39 is 11.9 Å². The molecule has 0 fully saturated rings. The first kappa shape index (κ1) is 13.8. The van der Waals surface area contributed by atoms with Crippen LogP contribution in [0.4, 0.5) is 4.39 Å². The molecule has 1 aliphatic carbocycles. The number of hydrogen-bond acceptors (Lipinski definition) is 4. The standard InChI is InChI=1S/C14H17FO4/c1-7-4-9-10(13(7)17)5-11(19-6-8(2)16)14(18-3)12(9)15/h5,7-8,16H,4,6H2,1-3H3. The lowest BCUT2D eigenvalue weighted by atomic mass is 10.1. The molecule has 19 heavy (non-hydrogen) atoms. The minimum Gasteiger partial charge on any atom is -0.490 e. The Morgan fingerprint density at radius 3 is 2.84 bits per heavy atom. The van der Waals surface area contributed by atoms with Gasteiger partial charge in [0, 0.05) is 17.0 Å². The van der Waals surface area contributed by atoms with Crippen LogP contribution in [-0.2, 0) is 6.42 Å². The van der Waals surface area contributed by atoms with Gasteiger partial charge in [-0.1, -0.05) is 6.92 Å². The van der Waals surface area contributed by atoms with Gasteiger partial charge < -0.3 is 14.6 Å². The number of carbonyl (C=O) groups excluding carboxylic acids is 1. The van der Waals surface area contributed by atoms with Gasteiger partial charge in [-0.15, -0.1) is 0 Å². The molecule has 0 radical (unpaired) electrons. The predicted molar refractivity (Wildman–Crippen MR) is 67.3 cm³/mol. The number of methoxy groups -OCH3 is 1. The van der Waals surface area contributed by atoms with Crippen LogP contribution in [0.2, 0.25) is 0 Å². The summed E-state index contributed by atoms with van der Waals surface area (Å²) in [5, 5.41) is 9.21. The van der Waals surface area contributed by atoms with E-state index in [4.69, 9.17) is 9.47 Å². The number of aliphatic hydroxyl groups is 1. The molecule has 0 aliphatic heterocycles. The molecule has 2 unspecified atom stereocenters. The molecule has 0 heterocycles. The van der Waals surface area contributed by atoms with Crippen LogP contribution in [0.15, 0.2) is 6.07 Å². The van der Waals surface area contributed by atoms with Crippen molar-refractivity contribution >= 4 is 5.78 Å². The Labute approximate surface area is 111 Å². The van der Waals surface area contributed by atoms with Gasteiger partial charge in [0.25, 0.3) is 0 Å². The molecule has 1 aromatic rings. The van der Waals surface area contributed by atoms with Crippen LogP contribution in [0, 0.1) is 11.7 Å². The second-order valence-corrected chi connectivity index (χ2v) is 4.88. The molecule has 0 aromatic heterocycles. The van der Waals surface area contributed by atoms with E-state index in [-0.39, 0.29) is 29.8 Å². The summed E-state index contributed by atoms with van der Waals surface area (Å²) in [5.41, 5.74) is 0.741. The van der Waals surface area contributed by atoms with Crippen molar-refractivity contribution < 1.29 is 23.8 Å². The highest BCUT2D eigenvalue weighted by Gasteiger charge is 2.33. The van der Waals surface area contributed by atoms with Crippen LogP contribution >= 0.6 is 0 Å². The number of Topliss-reactive ketones (excluding diaryl/α,β-unsaturated/α-hetero) is 1. The summed E-state index contributed by atoms with van der Waals surface area (Å²) < 4.78 is 24.6. The number of fused-ring (bicyclic) bond motifs is 1. The Morgan fingerprint density at radius 2 is 2.26 bits per heavy atom. The molecule has 1 N–H and O–H groups in total. The Balaban J connectivity index is 2.45. The molecule has 2 atom stereocenters. The lowest BCUT2D eigenvalue weighted by Gasteiger charge is -2.14. The van der Waals surface area contributed by atoms with Crippen LogP contribution < -0.4 is 9.47 Å². The first-order chi connectivity index (χ1) is 8.95.